The number of hydrogen-bond donors (Lipinski definition) is 2. The van der Waals surface area contributed by atoms with Gasteiger partial charge in [0.15, 0.2) is 11.5 Å². The zero-order chi connectivity index (χ0) is 22.0. The minimum absolute atomic E-state index is 0.0297. The van der Waals surface area contributed by atoms with Crippen molar-refractivity contribution in [1.29, 1.82) is 0 Å². The van der Waals surface area contributed by atoms with E-state index in [1.807, 2.05) is 18.2 Å². The molecule has 0 saturated carbocycles. The van der Waals surface area contributed by atoms with Gasteiger partial charge in [-0.1, -0.05) is 19.9 Å². The van der Waals surface area contributed by atoms with Gasteiger partial charge in [-0.05, 0) is 43.2 Å². The van der Waals surface area contributed by atoms with Crippen LogP contribution in [0.15, 0.2) is 36.4 Å². The minimum atomic E-state index is -0.152. The van der Waals surface area contributed by atoms with Gasteiger partial charge >= 0.3 is 0 Å². The van der Waals surface area contributed by atoms with Gasteiger partial charge in [0.1, 0.15) is 5.82 Å². The molecule has 2 amide bonds. The second-order valence-electron chi connectivity index (χ2n) is 8.21. The van der Waals surface area contributed by atoms with Gasteiger partial charge in [0.2, 0.25) is 11.8 Å². The van der Waals surface area contributed by atoms with Crippen LogP contribution in [0.5, 0.6) is 0 Å². The van der Waals surface area contributed by atoms with Crippen molar-refractivity contribution < 1.29 is 9.59 Å². The molecule has 0 unspecified atom stereocenters. The smallest absolute Gasteiger partial charge is 0.229 e. The molecule has 1 saturated heterocycles. The van der Waals surface area contributed by atoms with Gasteiger partial charge in [-0.2, -0.15) is 4.52 Å². The summed E-state index contributed by atoms with van der Waals surface area (Å²) in [6, 6.07) is 11.0. The molecule has 1 fully saturated rings. The number of benzene rings is 1. The van der Waals surface area contributed by atoms with Crippen LogP contribution in [0.3, 0.4) is 0 Å². The van der Waals surface area contributed by atoms with Crippen LogP contribution in [0.4, 0.5) is 17.2 Å². The Morgan fingerprint density at radius 1 is 1.10 bits per heavy atom. The predicted molar refractivity (Wildman–Crippen MR) is 119 cm³/mol. The maximum Gasteiger partial charge on any atom is 0.229 e. The summed E-state index contributed by atoms with van der Waals surface area (Å²) in [4.78, 5) is 26.3. The van der Waals surface area contributed by atoms with E-state index in [0.29, 0.717) is 17.9 Å². The van der Waals surface area contributed by atoms with Crippen molar-refractivity contribution in [3.63, 3.8) is 0 Å². The fraction of sp³-hybridized carbons (Fsp3) is 0.409. The Balaban J connectivity index is 1.47. The average Bonchev–Trinajstić information content (AvgIpc) is 3.17. The molecule has 0 radical (unpaired) electrons. The normalized spacial score (nSPS) is 16.5. The van der Waals surface area contributed by atoms with Crippen LogP contribution >= 0.6 is 0 Å². The Morgan fingerprint density at radius 3 is 2.61 bits per heavy atom. The van der Waals surface area contributed by atoms with Crippen LogP contribution in [0, 0.1) is 5.92 Å². The molecule has 0 spiro atoms. The van der Waals surface area contributed by atoms with Crippen molar-refractivity contribution >= 4 is 34.7 Å². The Bertz CT molecular complexity index is 1110. The first-order valence-corrected chi connectivity index (χ1v) is 10.6. The lowest BCUT2D eigenvalue weighted by Gasteiger charge is -2.32. The summed E-state index contributed by atoms with van der Waals surface area (Å²) in [5, 5.41) is 18.9. The first-order valence-electron chi connectivity index (χ1n) is 10.6. The van der Waals surface area contributed by atoms with Gasteiger partial charge in [0.25, 0.3) is 0 Å². The number of nitrogens with zero attached hydrogens (tertiary/aromatic N) is 5. The summed E-state index contributed by atoms with van der Waals surface area (Å²) < 4.78 is 1.79. The van der Waals surface area contributed by atoms with E-state index < -0.39 is 0 Å². The molecule has 4 rings (SSSR count). The fourth-order valence-electron chi connectivity index (χ4n) is 3.85. The van der Waals surface area contributed by atoms with Gasteiger partial charge in [-0.15, -0.1) is 15.3 Å². The molecule has 2 N–H and O–H groups in total. The monoisotopic (exact) mass is 421 g/mol. The molecule has 9 nitrogen and oxygen atoms in total. The van der Waals surface area contributed by atoms with E-state index in [9.17, 15) is 9.59 Å². The van der Waals surface area contributed by atoms with Gasteiger partial charge < -0.3 is 15.5 Å². The quantitative estimate of drug-likeness (QED) is 0.656. The SMILES string of the molecule is CC(=O)Nc1cccc(NC(=O)[C@@H]2CCCN(c3ccc4nnc(C(C)C)n4n3)C2)c1. The molecule has 9 heteroatoms. The van der Waals surface area contributed by atoms with Crippen LogP contribution < -0.4 is 15.5 Å². The predicted octanol–water partition coefficient (Wildman–Crippen LogP) is 3.06. The second kappa shape index (κ2) is 8.71. The summed E-state index contributed by atoms with van der Waals surface area (Å²) in [6.07, 6.45) is 1.72. The highest BCUT2D eigenvalue weighted by Crippen LogP contribution is 2.24. The van der Waals surface area contributed by atoms with E-state index in [4.69, 9.17) is 5.10 Å². The molecule has 1 aliphatic rings. The molecule has 31 heavy (non-hydrogen) atoms. The Labute approximate surface area is 180 Å². The molecule has 0 aliphatic carbocycles. The molecule has 0 bridgehead atoms. The zero-order valence-corrected chi connectivity index (χ0v) is 18.0. The van der Waals surface area contributed by atoms with E-state index in [1.54, 1.807) is 22.7 Å². The van der Waals surface area contributed by atoms with E-state index in [2.05, 4.69) is 39.6 Å². The maximum absolute atomic E-state index is 12.9. The van der Waals surface area contributed by atoms with Crippen LogP contribution in [-0.4, -0.2) is 44.7 Å². The fourth-order valence-corrected chi connectivity index (χ4v) is 3.85. The summed E-state index contributed by atoms with van der Waals surface area (Å²) in [6.45, 7) is 7.02. The number of carbonyl (C=O) groups is 2. The van der Waals surface area contributed by atoms with Crippen molar-refractivity contribution in [3.8, 4) is 0 Å². The minimum Gasteiger partial charge on any atom is -0.354 e. The lowest BCUT2D eigenvalue weighted by Crippen LogP contribution is -2.41. The molecule has 1 aliphatic heterocycles. The van der Waals surface area contributed by atoms with E-state index >= 15 is 0 Å². The van der Waals surface area contributed by atoms with Crippen molar-refractivity contribution in [2.24, 2.45) is 5.92 Å². The van der Waals surface area contributed by atoms with E-state index in [-0.39, 0.29) is 23.7 Å². The van der Waals surface area contributed by atoms with E-state index in [1.165, 1.54) is 6.92 Å². The largest absolute Gasteiger partial charge is 0.354 e. The Kier molecular flexibility index (Phi) is 5.83. The standard InChI is InChI=1S/C22H27N7O2/c1-14(2)21-26-25-19-9-10-20(27-29(19)21)28-11-5-6-16(13-28)22(31)24-18-8-4-7-17(12-18)23-15(3)30/h4,7-10,12,14,16H,5-6,11,13H2,1-3H3,(H,23,30)(H,24,31)/t16-/m1/s1. The number of amides is 2. The summed E-state index contributed by atoms with van der Waals surface area (Å²) in [7, 11) is 0. The lowest BCUT2D eigenvalue weighted by molar-refractivity contribution is -0.120. The third-order valence-electron chi connectivity index (χ3n) is 5.36. The molecule has 3 aromatic rings. The number of anilines is 3. The number of nitrogens with one attached hydrogen (secondary N) is 2. The van der Waals surface area contributed by atoms with Crippen LogP contribution in [0.2, 0.25) is 0 Å². The van der Waals surface area contributed by atoms with Gasteiger partial charge in [-0.25, -0.2) is 0 Å². The number of carbonyl (C=O) groups excluding carboxylic acids is 2. The average molecular weight is 422 g/mol. The Morgan fingerprint density at radius 2 is 1.87 bits per heavy atom. The first kappa shape index (κ1) is 20.8. The van der Waals surface area contributed by atoms with Crippen LogP contribution in [0.25, 0.3) is 5.65 Å². The van der Waals surface area contributed by atoms with Crippen molar-refractivity contribution in [2.75, 3.05) is 28.6 Å². The van der Waals surface area contributed by atoms with Gasteiger partial charge in [-0.3, -0.25) is 9.59 Å². The lowest BCUT2D eigenvalue weighted by atomic mass is 9.97. The number of fused-ring (bicyclic) bond motifs is 1. The summed E-state index contributed by atoms with van der Waals surface area (Å²) in [5.41, 5.74) is 2.04. The third-order valence-corrected chi connectivity index (χ3v) is 5.36. The summed E-state index contributed by atoms with van der Waals surface area (Å²) >= 11 is 0. The topological polar surface area (TPSA) is 105 Å². The highest BCUT2D eigenvalue weighted by atomic mass is 16.2. The third kappa shape index (κ3) is 4.65. The van der Waals surface area contributed by atoms with Crippen molar-refractivity contribution in [3.05, 3.63) is 42.2 Å². The van der Waals surface area contributed by atoms with Crippen molar-refractivity contribution in [1.82, 2.24) is 19.8 Å². The highest BCUT2D eigenvalue weighted by molar-refractivity contribution is 5.94. The summed E-state index contributed by atoms with van der Waals surface area (Å²) in [5.74, 6) is 1.52. The molecular formula is C22H27N7O2. The van der Waals surface area contributed by atoms with E-state index in [0.717, 1.165) is 36.7 Å². The maximum atomic E-state index is 12.9. The molecule has 3 heterocycles. The number of aromatic nitrogens is 4. The Hall–Kier alpha value is -3.49. The molecule has 2 aromatic heterocycles. The van der Waals surface area contributed by atoms with Crippen LogP contribution in [0.1, 0.15) is 45.4 Å². The highest BCUT2D eigenvalue weighted by Gasteiger charge is 2.27. The van der Waals surface area contributed by atoms with Crippen molar-refractivity contribution in [2.45, 2.75) is 39.5 Å². The van der Waals surface area contributed by atoms with Gasteiger partial charge in [0.05, 0.1) is 5.92 Å². The second-order valence-corrected chi connectivity index (χ2v) is 8.21. The number of hydrogen-bond acceptors (Lipinski definition) is 6. The molecular weight excluding hydrogens is 394 g/mol. The number of piperidine rings is 1. The molecule has 1 aromatic carbocycles. The van der Waals surface area contributed by atoms with Crippen LogP contribution in [-0.2, 0) is 9.59 Å². The first-order chi connectivity index (χ1) is 14.9. The zero-order valence-electron chi connectivity index (χ0n) is 18.0. The molecule has 162 valence electrons. The number of rotatable bonds is 5. The molecule has 1 atom stereocenters. The van der Waals surface area contributed by atoms with Gasteiger partial charge in [0, 0.05) is 37.3 Å².